The summed E-state index contributed by atoms with van der Waals surface area (Å²) in [6, 6.07) is 22.2. The van der Waals surface area contributed by atoms with E-state index in [1.807, 2.05) is 38.1 Å². The Balaban J connectivity index is 1.67. The average molecular weight is 548 g/mol. The highest BCUT2D eigenvalue weighted by atomic mass is 32.2. The van der Waals surface area contributed by atoms with Gasteiger partial charge in [-0.25, -0.2) is 8.42 Å². The molecule has 1 aliphatic carbocycles. The number of sulfonamides is 1. The van der Waals surface area contributed by atoms with Gasteiger partial charge >= 0.3 is 0 Å². The second-order valence-electron chi connectivity index (χ2n) is 10.3. The van der Waals surface area contributed by atoms with Crippen LogP contribution in [0.5, 0.6) is 0 Å². The lowest BCUT2D eigenvalue weighted by molar-refractivity contribution is -0.139. The van der Waals surface area contributed by atoms with Crippen molar-refractivity contribution in [3.8, 4) is 0 Å². The van der Waals surface area contributed by atoms with Crippen LogP contribution >= 0.6 is 0 Å². The minimum Gasteiger partial charge on any atom is -0.352 e. The highest BCUT2D eigenvalue weighted by Gasteiger charge is 2.33. The summed E-state index contributed by atoms with van der Waals surface area (Å²) < 4.78 is 28.8. The zero-order valence-corrected chi connectivity index (χ0v) is 23.7. The molecule has 0 heterocycles. The summed E-state index contributed by atoms with van der Waals surface area (Å²) in [7, 11) is -4.06. The van der Waals surface area contributed by atoms with Crippen LogP contribution in [0, 0.1) is 13.8 Å². The molecule has 0 aliphatic heterocycles. The van der Waals surface area contributed by atoms with Crippen molar-refractivity contribution in [2.45, 2.75) is 70.0 Å². The summed E-state index contributed by atoms with van der Waals surface area (Å²) in [5.41, 5.74) is 3.21. The van der Waals surface area contributed by atoms with Gasteiger partial charge in [0.2, 0.25) is 11.8 Å². The van der Waals surface area contributed by atoms with Crippen molar-refractivity contribution in [2.24, 2.45) is 0 Å². The minimum absolute atomic E-state index is 0.0993. The van der Waals surface area contributed by atoms with Gasteiger partial charge in [-0.1, -0.05) is 73.0 Å². The van der Waals surface area contributed by atoms with Crippen molar-refractivity contribution >= 4 is 27.5 Å². The Morgan fingerprint density at radius 1 is 0.897 bits per heavy atom. The Morgan fingerprint density at radius 3 is 2.15 bits per heavy atom. The molecule has 0 saturated heterocycles. The maximum atomic E-state index is 14.0. The molecule has 1 saturated carbocycles. The Bertz CT molecular complexity index is 1380. The maximum Gasteiger partial charge on any atom is 0.264 e. The Labute approximate surface area is 231 Å². The van der Waals surface area contributed by atoms with E-state index in [0.29, 0.717) is 5.69 Å². The van der Waals surface area contributed by atoms with Crippen LogP contribution in [-0.4, -0.2) is 43.8 Å². The summed E-state index contributed by atoms with van der Waals surface area (Å²) in [4.78, 5) is 28.9. The molecule has 39 heavy (non-hydrogen) atoms. The minimum atomic E-state index is -4.06. The van der Waals surface area contributed by atoms with Crippen molar-refractivity contribution in [2.75, 3.05) is 10.8 Å². The van der Waals surface area contributed by atoms with Crippen LogP contribution in [0.4, 0.5) is 5.69 Å². The van der Waals surface area contributed by atoms with Gasteiger partial charge in [0.15, 0.2) is 0 Å². The molecule has 1 aliphatic rings. The van der Waals surface area contributed by atoms with E-state index in [9.17, 15) is 18.0 Å². The molecule has 1 fully saturated rings. The highest BCUT2D eigenvalue weighted by molar-refractivity contribution is 7.92. The van der Waals surface area contributed by atoms with E-state index in [1.165, 1.54) is 4.90 Å². The van der Waals surface area contributed by atoms with Gasteiger partial charge in [0, 0.05) is 12.6 Å². The fourth-order valence-corrected chi connectivity index (χ4v) is 6.32. The number of carbonyl (C=O) groups excluding carboxylic acids is 2. The second kappa shape index (κ2) is 12.5. The van der Waals surface area contributed by atoms with Crippen LogP contribution in [0.2, 0.25) is 0 Å². The highest BCUT2D eigenvalue weighted by Crippen LogP contribution is 2.25. The van der Waals surface area contributed by atoms with E-state index >= 15 is 0 Å². The van der Waals surface area contributed by atoms with Gasteiger partial charge in [-0.05, 0) is 69.0 Å². The van der Waals surface area contributed by atoms with Gasteiger partial charge in [0.05, 0.1) is 10.6 Å². The van der Waals surface area contributed by atoms with Crippen LogP contribution in [0.25, 0.3) is 0 Å². The molecule has 0 bridgehead atoms. The van der Waals surface area contributed by atoms with Crippen LogP contribution in [0.1, 0.15) is 49.3 Å². The number of anilines is 1. The number of hydrogen-bond acceptors (Lipinski definition) is 4. The number of benzene rings is 3. The molecule has 1 atom stereocenters. The number of amides is 2. The summed E-state index contributed by atoms with van der Waals surface area (Å²) in [5, 5.41) is 3.10. The summed E-state index contributed by atoms with van der Waals surface area (Å²) in [6.07, 6.45) is 4.02. The van der Waals surface area contributed by atoms with Crippen molar-refractivity contribution in [1.82, 2.24) is 10.2 Å². The Kier molecular flexibility index (Phi) is 9.07. The molecule has 7 nitrogen and oxygen atoms in total. The van der Waals surface area contributed by atoms with E-state index in [0.717, 1.165) is 46.7 Å². The van der Waals surface area contributed by atoms with Crippen LogP contribution in [0.15, 0.2) is 83.8 Å². The maximum absolute atomic E-state index is 14.0. The van der Waals surface area contributed by atoms with Gasteiger partial charge < -0.3 is 10.2 Å². The third-order valence-corrected chi connectivity index (χ3v) is 9.19. The van der Waals surface area contributed by atoms with Crippen molar-refractivity contribution in [3.05, 3.63) is 95.6 Å². The normalized spacial score (nSPS) is 14.5. The number of hydrogen-bond donors (Lipinski definition) is 1. The monoisotopic (exact) mass is 547 g/mol. The second-order valence-corrected chi connectivity index (χ2v) is 12.1. The van der Waals surface area contributed by atoms with Gasteiger partial charge in [-0.2, -0.15) is 0 Å². The average Bonchev–Trinajstić information content (AvgIpc) is 3.44. The first kappa shape index (κ1) is 28.4. The van der Waals surface area contributed by atoms with Gasteiger partial charge in [0.25, 0.3) is 10.0 Å². The SMILES string of the molecule is Cc1ccc(S(=O)(=O)N(CC(=O)N(Cc2ccccc2C)C(C)C(=O)NC2CCCC2)c2ccccc2)cc1. The first-order valence-corrected chi connectivity index (χ1v) is 14.9. The van der Waals surface area contributed by atoms with Crippen molar-refractivity contribution in [3.63, 3.8) is 0 Å². The number of carbonyl (C=O) groups is 2. The molecular formula is C31H37N3O4S. The molecule has 1 N–H and O–H groups in total. The molecule has 0 spiro atoms. The lowest BCUT2D eigenvalue weighted by Gasteiger charge is -2.32. The Hall–Kier alpha value is -3.65. The molecule has 2 amide bonds. The van der Waals surface area contributed by atoms with E-state index < -0.39 is 28.5 Å². The fourth-order valence-electron chi connectivity index (χ4n) is 4.91. The Morgan fingerprint density at radius 2 is 1.51 bits per heavy atom. The third-order valence-electron chi connectivity index (χ3n) is 7.40. The van der Waals surface area contributed by atoms with Gasteiger partial charge in [-0.15, -0.1) is 0 Å². The topological polar surface area (TPSA) is 86.8 Å². The zero-order chi connectivity index (χ0) is 28.0. The first-order chi connectivity index (χ1) is 18.7. The first-order valence-electron chi connectivity index (χ1n) is 13.5. The number of rotatable bonds is 10. The summed E-state index contributed by atoms with van der Waals surface area (Å²) in [6.45, 7) is 5.31. The molecule has 0 aromatic heterocycles. The predicted octanol–water partition coefficient (Wildman–Crippen LogP) is 4.97. The predicted molar refractivity (Wildman–Crippen MR) is 154 cm³/mol. The van der Waals surface area contributed by atoms with Crippen LogP contribution < -0.4 is 9.62 Å². The van der Waals surface area contributed by atoms with E-state index in [2.05, 4.69) is 5.32 Å². The summed E-state index contributed by atoms with van der Waals surface area (Å²) >= 11 is 0. The molecule has 4 rings (SSSR count). The standard InChI is InChI=1S/C31H37N3O4S/c1-23-17-19-29(20-18-23)39(37,38)34(28-15-5-4-6-16-28)22-30(35)33(21-26-12-8-7-11-24(26)2)25(3)31(36)32-27-13-9-10-14-27/h4-8,11-12,15-20,25,27H,9-10,13-14,21-22H2,1-3H3,(H,32,36). The fraction of sp³-hybridized carbons (Fsp3) is 0.355. The molecule has 1 unspecified atom stereocenters. The van der Waals surface area contributed by atoms with Gasteiger partial charge in [0.1, 0.15) is 12.6 Å². The van der Waals surface area contributed by atoms with E-state index in [4.69, 9.17) is 0 Å². The van der Waals surface area contributed by atoms with Crippen molar-refractivity contribution in [1.29, 1.82) is 0 Å². The number of nitrogens with zero attached hydrogens (tertiary/aromatic N) is 2. The molecule has 3 aromatic carbocycles. The van der Waals surface area contributed by atoms with Crippen LogP contribution in [-0.2, 0) is 26.2 Å². The molecular weight excluding hydrogens is 510 g/mol. The molecule has 3 aromatic rings. The van der Waals surface area contributed by atoms with Crippen LogP contribution in [0.3, 0.4) is 0 Å². The lowest BCUT2D eigenvalue weighted by atomic mass is 10.1. The number of para-hydroxylation sites is 1. The van der Waals surface area contributed by atoms with E-state index in [-0.39, 0.29) is 23.4 Å². The zero-order valence-electron chi connectivity index (χ0n) is 22.8. The lowest BCUT2D eigenvalue weighted by Crippen LogP contribution is -2.52. The number of nitrogens with one attached hydrogen (secondary N) is 1. The molecule has 0 radical (unpaired) electrons. The quantitative estimate of drug-likeness (QED) is 0.388. The summed E-state index contributed by atoms with van der Waals surface area (Å²) in [5.74, 6) is -0.677. The largest absolute Gasteiger partial charge is 0.352 e. The van der Waals surface area contributed by atoms with Crippen molar-refractivity contribution < 1.29 is 18.0 Å². The van der Waals surface area contributed by atoms with Gasteiger partial charge in [-0.3, -0.25) is 13.9 Å². The smallest absolute Gasteiger partial charge is 0.264 e. The molecule has 206 valence electrons. The molecule has 8 heteroatoms. The van der Waals surface area contributed by atoms with E-state index in [1.54, 1.807) is 61.5 Å². The third kappa shape index (κ3) is 6.87. The number of aryl methyl sites for hydroxylation is 2.